The van der Waals surface area contributed by atoms with Crippen LogP contribution < -0.4 is 26.8 Å². The molecule has 1 fully saturated rings. The van der Waals surface area contributed by atoms with Crippen LogP contribution in [-0.4, -0.2) is 57.4 Å². The number of allylic oxidation sites excluding steroid dienone is 1. The largest absolute Gasteiger partial charge is 0.325 e. The van der Waals surface area contributed by atoms with Crippen LogP contribution in [0.1, 0.15) is 48.1 Å². The normalized spacial score (nSPS) is 14.2. The van der Waals surface area contributed by atoms with E-state index in [-0.39, 0.29) is 12.5 Å². The minimum absolute atomic E-state index is 0.0658. The average molecular weight is 603 g/mol. The third kappa shape index (κ3) is 9.84. The summed E-state index contributed by atoms with van der Waals surface area (Å²) in [5.74, 6) is 7.68. The summed E-state index contributed by atoms with van der Waals surface area (Å²) in [4.78, 5) is 24.5. The van der Waals surface area contributed by atoms with Gasteiger partial charge in [0.2, 0.25) is 5.91 Å². The van der Waals surface area contributed by atoms with E-state index < -0.39 is 0 Å². The highest BCUT2D eigenvalue weighted by molar-refractivity contribution is 7.10. The third-order valence-corrected chi connectivity index (χ3v) is 8.94. The van der Waals surface area contributed by atoms with Gasteiger partial charge in [-0.05, 0) is 105 Å². The summed E-state index contributed by atoms with van der Waals surface area (Å²) < 4.78 is 0. The Balaban J connectivity index is 0.00000207. The van der Waals surface area contributed by atoms with Crippen molar-refractivity contribution in [2.24, 2.45) is 11.8 Å². The minimum Gasteiger partial charge on any atom is -0.325 e. The fraction of sp³-hybridized carbons (Fsp3) is 0.412. The van der Waals surface area contributed by atoms with Gasteiger partial charge in [-0.1, -0.05) is 30.3 Å². The van der Waals surface area contributed by atoms with E-state index in [2.05, 4.69) is 32.3 Å². The van der Waals surface area contributed by atoms with Gasteiger partial charge in [-0.2, -0.15) is 0 Å². The lowest BCUT2D eigenvalue weighted by atomic mass is 9.91. The van der Waals surface area contributed by atoms with Crippen LogP contribution in [0.3, 0.4) is 0 Å². The number of nitrogens with one attached hydrogen (secondary N) is 3. The maximum atomic E-state index is 12.5. The van der Waals surface area contributed by atoms with Gasteiger partial charge in [0.25, 0.3) is 0 Å². The first kappa shape index (κ1) is 32.6. The quantitative estimate of drug-likeness (QED) is 0.135. The number of fused-ring (bicyclic) bond motifs is 1. The second kappa shape index (κ2) is 17.1. The van der Waals surface area contributed by atoms with E-state index in [4.69, 9.17) is 10.6 Å². The predicted molar refractivity (Wildman–Crippen MR) is 179 cm³/mol. The molecule has 8 nitrogen and oxygen atoms in total. The summed E-state index contributed by atoms with van der Waals surface area (Å²) >= 11 is 1.82. The van der Waals surface area contributed by atoms with Crippen molar-refractivity contribution in [3.63, 3.8) is 0 Å². The molecule has 0 aliphatic heterocycles. The molecule has 0 atom stereocenters. The molecular formula is C34H46N6O2S. The molecule has 230 valence electrons. The number of thiophene rings is 1. The number of carbonyl (C=O) groups is 2. The van der Waals surface area contributed by atoms with Crippen LogP contribution in [0.4, 0.5) is 11.4 Å². The second-order valence-corrected chi connectivity index (χ2v) is 12.2. The molecule has 0 spiro atoms. The van der Waals surface area contributed by atoms with Crippen LogP contribution in [0.25, 0.3) is 5.70 Å². The summed E-state index contributed by atoms with van der Waals surface area (Å²) in [5.41, 5.74) is 6.70. The number of aryl methyl sites for hydroxylation is 1. The predicted octanol–water partition coefficient (Wildman–Crippen LogP) is 5.04. The number of nitrogens with two attached hydrogens (primary N) is 1. The Bertz CT molecular complexity index is 1310. The van der Waals surface area contributed by atoms with E-state index in [1.54, 1.807) is 0 Å². The highest BCUT2D eigenvalue weighted by atomic mass is 32.1. The number of rotatable bonds is 16. The molecule has 1 aromatic heterocycles. The van der Waals surface area contributed by atoms with Crippen LogP contribution in [0.2, 0.25) is 0 Å². The molecule has 2 aliphatic carbocycles. The summed E-state index contributed by atoms with van der Waals surface area (Å²) in [6.07, 6.45) is 7.13. The van der Waals surface area contributed by atoms with Crippen LogP contribution in [0, 0.1) is 5.92 Å². The molecule has 5 rings (SSSR count). The number of amides is 1. The standard InChI is InChI=1S/C33H44N6OS.CH2O/c1-35-18-20-38(24-26-9-10-26)19-5-8-27-11-16-31-30(17-21-41-31)33(27)39(34)29-14-12-28(13-15-29)37-32(40)23-36-22-25-6-3-2-4-7-25;1-2/h2-4,6-7,12-15,17,21,26,35-36H,5,8-11,16,18-20,22-24,34H2,1H3,(H,37,40);1H2. The van der Waals surface area contributed by atoms with Crippen molar-refractivity contribution in [1.29, 1.82) is 0 Å². The number of hydrazine groups is 1. The summed E-state index contributed by atoms with van der Waals surface area (Å²) in [5, 5.41) is 13.5. The number of nitrogens with zero attached hydrogens (tertiary/aromatic N) is 2. The van der Waals surface area contributed by atoms with E-state index in [9.17, 15) is 4.79 Å². The van der Waals surface area contributed by atoms with Crippen molar-refractivity contribution in [1.82, 2.24) is 15.5 Å². The van der Waals surface area contributed by atoms with E-state index in [1.807, 2.05) is 84.8 Å². The van der Waals surface area contributed by atoms with E-state index in [0.29, 0.717) is 6.54 Å². The molecule has 3 aromatic rings. The zero-order chi connectivity index (χ0) is 30.4. The topological polar surface area (TPSA) is 103 Å². The third-order valence-electron chi connectivity index (χ3n) is 7.96. The molecule has 9 heteroatoms. The summed E-state index contributed by atoms with van der Waals surface area (Å²) in [7, 11) is 2.04. The Morgan fingerprint density at radius 2 is 1.79 bits per heavy atom. The zero-order valence-corrected chi connectivity index (χ0v) is 26.1. The summed E-state index contributed by atoms with van der Waals surface area (Å²) in [6, 6.07) is 20.1. The molecule has 5 N–H and O–H groups in total. The molecule has 0 bridgehead atoms. The van der Waals surface area contributed by atoms with E-state index >= 15 is 0 Å². The lowest BCUT2D eigenvalue weighted by Crippen LogP contribution is -2.34. The van der Waals surface area contributed by atoms with Gasteiger partial charge < -0.3 is 25.6 Å². The molecule has 1 saturated carbocycles. The van der Waals surface area contributed by atoms with Crippen molar-refractivity contribution in [2.75, 3.05) is 50.1 Å². The summed E-state index contributed by atoms with van der Waals surface area (Å²) in [6.45, 7) is 7.43. The van der Waals surface area contributed by atoms with Gasteiger partial charge in [-0.25, -0.2) is 5.84 Å². The van der Waals surface area contributed by atoms with Crippen molar-refractivity contribution in [2.45, 2.75) is 45.1 Å². The number of anilines is 2. The Kier molecular flexibility index (Phi) is 12.9. The first-order valence-electron chi connectivity index (χ1n) is 15.2. The van der Waals surface area contributed by atoms with Crippen LogP contribution in [0.5, 0.6) is 0 Å². The van der Waals surface area contributed by atoms with Crippen LogP contribution >= 0.6 is 11.3 Å². The SMILES string of the molecule is C=O.CNCCN(CCCC1=C(N(N)c2ccc(NC(=O)CNCc3ccccc3)cc2)c2ccsc2CC1)CC1CC1. The van der Waals surface area contributed by atoms with Gasteiger partial charge in [0.1, 0.15) is 6.79 Å². The molecule has 1 heterocycles. The molecular weight excluding hydrogens is 556 g/mol. The molecule has 2 aliphatic rings. The first-order valence-corrected chi connectivity index (χ1v) is 16.1. The molecule has 43 heavy (non-hydrogen) atoms. The van der Waals surface area contributed by atoms with Crippen molar-refractivity contribution in [3.05, 3.63) is 87.6 Å². The van der Waals surface area contributed by atoms with Gasteiger partial charge in [0.15, 0.2) is 0 Å². The van der Waals surface area contributed by atoms with Crippen molar-refractivity contribution < 1.29 is 9.59 Å². The number of hydrogen-bond acceptors (Lipinski definition) is 8. The van der Waals surface area contributed by atoms with E-state index in [1.165, 1.54) is 35.4 Å². The lowest BCUT2D eigenvalue weighted by Gasteiger charge is -2.30. The molecule has 1 amide bonds. The van der Waals surface area contributed by atoms with Crippen molar-refractivity contribution in [3.8, 4) is 0 Å². The Hall–Kier alpha value is -3.34. The minimum atomic E-state index is -0.0658. The lowest BCUT2D eigenvalue weighted by molar-refractivity contribution is -0.115. The van der Waals surface area contributed by atoms with Gasteiger partial charge in [-0.3, -0.25) is 9.80 Å². The van der Waals surface area contributed by atoms with Crippen LogP contribution in [-0.2, 0) is 22.6 Å². The number of likely N-dealkylation sites (N-methyl/N-ethyl adjacent to an activating group) is 1. The Morgan fingerprint density at radius 1 is 1.02 bits per heavy atom. The van der Waals surface area contributed by atoms with E-state index in [0.717, 1.165) is 73.9 Å². The first-order chi connectivity index (χ1) is 21.1. The van der Waals surface area contributed by atoms with Gasteiger partial charge in [0.05, 0.1) is 17.9 Å². The maximum Gasteiger partial charge on any atom is 0.238 e. The monoisotopic (exact) mass is 602 g/mol. The number of benzene rings is 2. The number of carbonyl (C=O) groups excluding carboxylic acids is 2. The highest BCUT2D eigenvalue weighted by Crippen LogP contribution is 2.39. The second-order valence-electron chi connectivity index (χ2n) is 11.2. The molecule has 2 aromatic carbocycles. The maximum absolute atomic E-state index is 12.5. The van der Waals surface area contributed by atoms with Crippen molar-refractivity contribution >= 4 is 41.1 Å². The molecule has 0 unspecified atom stereocenters. The van der Waals surface area contributed by atoms with Gasteiger partial charge in [0, 0.05) is 42.3 Å². The Morgan fingerprint density at radius 3 is 2.51 bits per heavy atom. The molecule has 0 radical (unpaired) electrons. The van der Waals surface area contributed by atoms with Crippen LogP contribution in [0.15, 0.2) is 71.6 Å². The Labute approximate surface area is 260 Å². The fourth-order valence-corrected chi connectivity index (χ4v) is 6.44. The highest BCUT2D eigenvalue weighted by Gasteiger charge is 2.26. The zero-order valence-electron chi connectivity index (χ0n) is 25.3. The van der Waals surface area contributed by atoms with Gasteiger partial charge >= 0.3 is 0 Å². The average Bonchev–Trinajstić information content (AvgIpc) is 3.73. The number of hydrogen-bond donors (Lipinski definition) is 4. The fourth-order valence-electron chi connectivity index (χ4n) is 5.56. The smallest absolute Gasteiger partial charge is 0.238 e. The van der Waals surface area contributed by atoms with Gasteiger partial charge in [-0.15, -0.1) is 11.3 Å². The molecule has 0 saturated heterocycles.